The second-order valence-electron chi connectivity index (χ2n) is 4.06. The van der Waals surface area contributed by atoms with Crippen molar-refractivity contribution in [2.75, 3.05) is 5.32 Å². The Bertz CT molecular complexity index is 526. The molecule has 0 saturated heterocycles. The Morgan fingerprint density at radius 2 is 2.39 bits per heavy atom. The van der Waals surface area contributed by atoms with Crippen LogP contribution in [0.3, 0.4) is 0 Å². The average Bonchev–Trinajstić information content (AvgIpc) is 2.82. The first kappa shape index (κ1) is 12.6. The summed E-state index contributed by atoms with van der Waals surface area (Å²) in [6, 6.07) is 5.95. The molecule has 5 heteroatoms. The topological polar surface area (TPSA) is 62.2 Å². The minimum Gasteiger partial charge on any atom is -0.478 e. The molecule has 0 fully saturated rings. The predicted molar refractivity (Wildman–Crippen MR) is 72.3 cm³/mol. The van der Waals surface area contributed by atoms with E-state index in [0.717, 1.165) is 6.42 Å². The van der Waals surface area contributed by atoms with E-state index in [1.165, 1.54) is 11.1 Å². The number of rotatable bonds is 5. The zero-order chi connectivity index (χ0) is 13.0. The fourth-order valence-electron chi connectivity index (χ4n) is 1.74. The predicted octanol–water partition coefficient (Wildman–Crippen LogP) is 2.88. The van der Waals surface area contributed by atoms with Crippen LogP contribution in [0.2, 0.25) is 0 Å². The van der Waals surface area contributed by atoms with Crippen molar-refractivity contribution >= 4 is 23.0 Å². The third-order valence-corrected chi connectivity index (χ3v) is 3.44. The summed E-state index contributed by atoms with van der Waals surface area (Å²) in [5.41, 5.74) is 0.817. The number of pyridine rings is 1. The molecule has 0 amide bonds. The van der Waals surface area contributed by atoms with Crippen molar-refractivity contribution in [2.45, 2.75) is 19.4 Å². The van der Waals surface area contributed by atoms with E-state index in [1.54, 1.807) is 23.6 Å². The summed E-state index contributed by atoms with van der Waals surface area (Å²) in [7, 11) is 0. The molecule has 4 nitrogen and oxygen atoms in total. The van der Waals surface area contributed by atoms with E-state index < -0.39 is 5.97 Å². The highest BCUT2D eigenvalue weighted by atomic mass is 32.1. The van der Waals surface area contributed by atoms with Gasteiger partial charge in [0.15, 0.2) is 0 Å². The maximum Gasteiger partial charge on any atom is 0.339 e. The van der Waals surface area contributed by atoms with Crippen LogP contribution in [0.5, 0.6) is 0 Å². The molecule has 0 aliphatic heterocycles. The van der Waals surface area contributed by atoms with Crippen LogP contribution >= 0.6 is 11.3 Å². The Balaban J connectivity index is 2.07. The first-order valence-electron chi connectivity index (χ1n) is 5.63. The molecule has 0 aromatic carbocycles. The molecule has 2 aromatic heterocycles. The summed E-state index contributed by atoms with van der Waals surface area (Å²) in [6.45, 7) is 2.03. The Morgan fingerprint density at radius 3 is 3.06 bits per heavy atom. The highest BCUT2D eigenvalue weighted by Crippen LogP contribution is 2.17. The molecule has 94 valence electrons. The quantitative estimate of drug-likeness (QED) is 0.869. The van der Waals surface area contributed by atoms with Crippen LogP contribution in [-0.2, 0) is 6.42 Å². The molecule has 0 aliphatic carbocycles. The molecule has 2 rings (SSSR count). The van der Waals surface area contributed by atoms with Crippen molar-refractivity contribution in [3.8, 4) is 0 Å². The number of nitrogens with zero attached hydrogens (tertiary/aromatic N) is 1. The van der Waals surface area contributed by atoms with Gasteiger partial charge in [0, 0.05) is 29.7 Å². The molecule has 2 N–H and O–H groups in total. The summed E-state index contributed by atoms with van der Waals surface area (Å²) in [4.78, 5) is 16.2. The van der Waals surface area contributed by atoms with E-state index in [2.05, 4.69) is 16.4 Å². The van der Waals surface area contributed by atoms with Crippen molar-refractivity contribution in [3.05, 3.63) is 46.4 Å². The molecule has 0 aliphatic rings. The van der Waals surface area contributed by atoms with Gasteiger partial charge in [0.05, 0.1) is 5.69 Å². The van der Waals surface area contributed by atoms with Crippen LogP contribution in [0, 0.1) is 0 Å². The van der Waals surface area contributed by atoms with Gasteiger partial charge in [0.1, 0.15) is 5.56 Å². The molecule has 0 spiro atoms. The highest BCUT2D eigenvalue weighted by Gasteiger charge is 2.12. The summed E-state index contributed by atoms with van der Waals surface area (Å²) in [5.74, 6) is -0.964. The number of carboxylic acid groups (broad SMARTS) is 1. The van der Waals surface area contributed by atoms with Gasteiger partial charge in [-0.1, -0.05) is 6.07 Å². The van der Waals surface area contributed by atoms with E-state index in [0.29, 0.717) is 5.69 Å². The normalized spacial score (nSPS) is 12.1. The maximum atomic E-state index is 11.0. The van der Waals surface area contributed by atoms with Gasteiger partial charge < -0.3 is 10.4 Å². The minimum atomic E-state index is -0.964. The van der Waals surface area contributed by atoms with Crippen molar-refractivity contribution < 1.29 is 9.90 Å². The highest BCUT2D eigenvalue weighted by molar-refractivity contribution is 7.09. The van der Waals surface area contributed by atoms with Crippen LogP contribution in [0.15, 0.2) is 36.0 Å². The number of hydrogen-bond acceptors (Lipinski definition) is 4. The maximum absolute atomic E-state index is 11.0. The number of carboxylic acids is 1. The fourth-order valence-corrected chi connectivity index (χ4v) is 2.57. The van der Waals surface area contributed by atoms with E-state index in [9.17, 15) is 4.79 Å². The van der Waals surface area contributed by atoms with Gasteiger partial charge in [-0.15, -0.1) is 11.3 Å². The summed E-state index contributed by atoms with van der Waals surface area (Å²) in [5, 5.41) is 14.3. The molecule has 0 saturated carbocycles. The van der Waals surface area contributed by atoms with Crippen molar-refractivity contribution in [2.24, 2.45) is 0 Å². The van der Waals surface area contributed by atoms with Crippen LogP contribution in [0.25, 0.3) is 0 Å². The molecule has 18 heavy (non-hydrogen) atoms. The van der Waals surface area contributed by atoms with Crippen molar-refractivity contribution in [3.63, 3.8) is 0 Å². The van der Waals surface area contributed by atoms with Gasteiger partial charge in [0.2, 0.25) is 0 Å². The largest absolute Gasteiger partial charge is 0.478 e. The van der Waals surface area contributed by atoms with E-state index >= 15 is 0 Å². The lowest BCUT2D eigenvalue weighted by Gasteiger charge is -2.15. The standard InChI is InChI=1S/C13H14N2O2S/c1-9(7-10-3-2-6-18-10)15-12-4-5-14-8-11(12)13(16)17/h2-6,8-9H,7H2,1H3,(H,14,15)(H,16,17). The van der Waals surface area contributed by atoms with Gasteiger partial charge in [-0.2, -0.15) is 0 Å². The molecular formula is C13H14N2O2S. The molecule has 2 heterocycles. The van der Waals surface area contributed by atoms with Gasteiger partial charge in [0.25, 0.3) is 0 Å². The Kier molecular flexibility index (Phi) is 3.94. The Labute approximate surface area is 109 Å². The van der Waals surface area contributed by atoms with Gasteiger partial charge in [-0.3, -0.25) is 4.98 Å². The van der Waals surface area contributed by atoms with Gasteiger partial charge in [-0.05, 0) is 24.4 Å². The van der Waals surface area contributed by atoms with E-state index in [1.807, 2.05) is 18.4 Å². The molecule has 1 unspecified atom stereocenters. The Morgan fingerprint density at radius 1 is 1.56 bits per heavy atom. The third-order valence-electron chi connectivity index (χ3n) is 2.54. The van der Waals surface area contributed by atoms with Crippen LogP contribution in [-0.4, -0.2) is 22.1 Å². The monoisotopic (exact) mass is 262 g/mol. The van der Waals surface area contributed by atoms with Crippen molar-refractivity contribution in [1.82, 2.24) is 4.98 Å². The van der Waals surface area contributed by atoms with Crippen LogP contribution < -0.4 is 5.32 Å². The van der Waals surface area contributed by atoms with Crippen LogP contribution in [0.4, 0.5) is 5.69 Å². The lowest BCUT2D eigenvalue weighted by molar-refractivity contribution is 0.0697. The molecule has 1 atom stereocenters. The summed E-state index contributed by atoms with van der Waals surface area (Å²) >= 11 is 1.70. The molecular weight excluding hydrogens is 248 g/mol. The van der Waals surface area contributed by atoms with Crippen LogP contribution in [0.1, 0.15) is 22.2 Å². The van der Waals surface area contributed by atoms with Crippen molar-refractivity contribution in [1.29, 1.82) is 0 Å². The van der Waals surface area contributed by atoms with E-state index in [-0.39, 0.29) is 11.6 Å². The number of aromatic carboxylic acids is 1. The number of aromatic nitrogens is 1. The van der Waals surface area contributed by atoms with E-state index in [4.69, 9.17) is 5.11 Å². The summed E-state index contributed by atoms with van der Waals surface area (Å²) in [6.07, 6.45) is 3.83. The first-order valence-corrected chi connectivity index (χ1v) is 6.51. The second kappa shape index (κ2) is 5.64. The lowest BCUT2D eigenvalue weighted by atomic mass is 10.1. The number of hydrogen-bond donors (Lipinski definition) is 2. The SMILES string of the molecule is CC(Cc1cccs1)Nc1ccncc1C(=O)O. The van der Waals surface area contributed by atoms with Gasteiger partial charge in [-0.25, -0.2) is 4.79 Å². The first-order chi connectivity index (χ1) is 8.66. The Hall–Kier alpha value is -1.88. The molecule has 2 aromatic rings. The third kappa shape index (κ3) is 3.07. The average molecular weight is 262 g/mol. The fraction of sp³-hybridized carbons (Fsp3) is 0.231. The zero-order valence-electron chi connectivity index (χ0n) is 9.96. The number of carbonyl (C=O) groups is 1. The lowest BCUT2D eigenvalue weighted by Crippen LogP contribution is -2.19. The van der Waals surface area contributed by atoms with Gasteiger partial charge >= 0.3 is 5.97 Å². The summed E-state index contributed by atoms with van der Waals surface area (Å²) < 4.78 is 0. The minimum absolute atomic E-state index is 0.171. The smallest absolute Gasteiger partial charge is 0.339 e. The molecule has 0 radical (unpaired) electrons. The number of anilines is 1. The number of thiophene rings is 1. The molecule has 0 bridgehead atoms. The zero-order valence-corrected chi connectivity index (χ0v) is 10.8. The second-order valence-corrected chi connectivity index (χ2v) is 5.09. The number of nitrogens with one attached hydrogen (secondary N) is 1.